The predicted molar refractivity (Wildman–Crippen MR) is 384 cm³/mol. The van der Waals surface area contributed by atoms with Crippen molar-refractivity contribution in [2.45, 2.75) is 469 Å². The van der Waals surface area contributed by atoms with Gasteiger partial charge in [0.1, 0.15) is 0 Å². The number of allylic oxidation sites excluding steroid dienone is 3. The maximum absolute atomic E-state index is 12.6. The summed E-state index contributed by atoms with van der Waals surface area (Å²) in [6.07, 6.45) is 98.7. The summed E-state index contributed by atoms with van der Waals surface area (Å²) in [7, 11) is 0. The fraction of sp³-hybridized carbons (Fsp3) is 0.926. The molecule has 2 unspecified atom stereocenters. The van der Waals surface area contributed by atoms with Gasteiger partial charge in [0.15, 0.2) is 0 Å². The molecule has 0 radical (unpaired) electrons. The first-order valence-electron chi connectivity index (χ1n) is 40.1. The van der Waals surface area contributed by atoms with Crippen LogP contribution in [-0.2, 0) is 14.3 Å². The van der Waals surface area contributed by atoms with Crippen molar-refractivity contribution in [1.29, 1.82) is 0 Å². The number of unbranched alkanes of at least 4 members (excludes halogenated alkanes) is 63. The molecule has 87 heavy (non-hydrogen) atoms. The van der Waals surface area contributed by atoms with Crippen LogP contribution in [0.4, 0.5) is 0 Å². The van der Waals surface area contributed by atoms with Gasteiger partial charge in [0.25, 0.3) is 0 Å². The summed E-state index contributed by atoms with van der Waals surface area (Å²) in [5.74, 6) is -0.0425. The molecule has 0 aliphatic rings. The van der Waals surface area contributed by atoms with Crippen molar-refractivity contribution in [3.8, 4) is 0 Å². The molecule has 1 amide bonds. The Morgan fingerprint density at radius 2 is 0.540 bits per heavy atom. The number of ether oxygens (including phenoxy) is 1. The number of aliphatic hydroxyl groups is 2. The van der Waals surface area contributed by atoms with E-state index in [4.69, 9.17) is 4.74 Å². The maximum Gasteiger partial charge on any atom is 0.305 e. The summed E-state index contributed by atoms with van der Waals surface area (Å²) in [4.78, 5) is 24.7. The molecule has 0 saturated heterocycles. The van der Waals surface area contributed by atoms with Crippen molar-refractivity contribution in [1.82, 2.24) is 5.32 Å². The number of hydrogen-bond donors (Lipinski definition) is 3. The zero-order valence-electron chi connectivity index (χ0n) is 59.3. The van der Waals surface area contributed by atoms with E-state index in [1.54, 1.807) is 6.08 Å². The number of esters is 1. The van der Waals surface area contributed by atoms with Crippen LogP contribution in [0, 0.1) is 0 Å². The summed E-state index contributed by atoms with van der Waals surface area (Å²) in [6.45, 7) is 4.96. The zero-order valence-corrected chi connectivity index (χ0v) is 59.3. The van der Waals surface area contributed by atoms with Gasteiger partial charge in [-0.1, -0.05) is 411 Å². The Morgan fingerprint density at radius 1 is 0.310 bits per heavy atom. The fourth-order valence-corrected chi connectivity index (χ4v) is 12.9. The molecular weight excluding hydrogens is 1070 g/mol. The maximum atomic E-state index is 12.6. The Balaban J connectivity index is 3.37. The van der Waals surface area contributed by atoms with Gasteiger partial charge in [-0.15, -0.1) is 0 Å². The summed E-state index contributed by atoms with van der Waals surface area (Å²) in [5.41, 5.74) is 0. The van der Waals surface area contributed by atoms with Crippen LogP contribution in [0.25, 0.3) is 0 Å². The number of carbonyl (C=O) groups excluding carboxylic acids is 2. The molecule has 0 aromatic heterocycles. The van der Waals surface area contributed by atoms with E-state index in [2.05, 4.69) is 31.3 Å². The van der Waals surface area contributed by atoms with Gasteiger partial charge in [0.05, 0.1) is 25.4 Å². The van der Waals surface area contributed by atoms with Crippen LogP contribution >= 0.6 is 0 Å². The molecule has 516 valence electrons. The number of hydrogen-bond acceptors (Lipinski definition) is 5. The van der Waals surface area contributed by atoms with E-state index in [1.807, 2.05) is 6.08 Å². The fourth-order valence-electron chi connectivity index (χ4n) is 12.9. The van der Waals surface area contributed by atoms with Crippen molar-refractivity contribution >= 4 is 11.9 Å². The molecule has 0 aliphatic carbocycles. The largest absolute Gasteiger partial charge is 0.466 e. The molecule has 0 aliphatic heterocycles. The summed E-state index contributed by atoms with van der Waals surface area (Å²) >= 11 is 0. The number of amides is 1. The number of carbonyl (C=O) groups is 2. The molecule has 0 fully saturated rings. The van der Waals surface area contributed by atoms with Crippen LogP contribution in [0.1, 0.15) is 457 Å². The predicted octanol–water partition coefficient (Wildman–Crippen LogP) is 26.4. The van der Waals surface area contributed by atoms with Crippen LogP contribution in [0.3, 0.4) is 0 Å². The minimum atomic E-state index is -0.845. The second-order valence-electron chi connectivity index (χ2n) is 27.8. The van der Waals surface area contributed by atoms with E-state index >= 15 is 0 Å². The highest BCUT2D eigenvalue weighted by Gasteiger charge is 2.18. The van der Waals surface area contributed by atoms with E-state index in [9.17, 15) is 19.8 Å². The molecule has 0 heterocycles. The highest BCUT2D eigenvalue weighted by molar-refractivity contribution is 5.76. The van der Waals surface area contributed by atoms with E-state index < -0.39 is 12.1 Å². The van der Waals surface area contributed by atoms with Gasteiger partial charge < -0.3 is 20.3 Å². The van der Waals surface area contributed by atoms with Gasteiger partial charge in [-0.25, -0.2) is 0 Å². The van der Waals surface area contributed by atoms with Crippen molar-refractivity contribution < 1.29 is 24.5 Å². The standard InChI is InChI=1S/C81H157NO5/c1-3-5-7-9-11-13-15-17-19-21-23-24-25-28-31-34-38-41-45-49-53-57-61-65-69-73-79(84)78(77-83)82-80(85)74-70-66-62-58-54-50-46-42-39-35-32-29-26-27-30-33-36-40-44-48-52-56-60-64-68-72-76-87-81(86)75-71-67-63-59-55-51-47-43-37-22-20-18-16-14-12-10-8-6-4-2/h18,20,69,73,78-79,83-84H,3-17,19,21-68,70-72,74-77H2,1-2H3,(H,82,85)/b20-18-,73-69+. The summed E-state index contributed by atoms with van der Waals surface area (Å²) in [6, 6.07) is -0.628. The van der Waals surface area contributed by atoms with Gasteiger partial charge in [-0.2, -0.15) is 0 Å². The average molecular weight is 1230 g/mol. The van der Waals surface area contributed by atoms with Gasteiger partial charge >= 0.3 is 5.97 Å². The molecule has 0 bridgehead atoms. The van der Waals surface area contributed by atoms with Crippen LogP contribution < -0.4 is 5.32 Å². The minimum absolute atomic E-state index is 0.0177. The second kappa shape index (κ2) is 76.8. The molecule has 0 rings (SSSR count). The molecule has 2 atom stereocenters. The average Bonchev–Trinajstić information content (AvgIpc) is 3.53. The molecule has 0 aromatic carbocycles. The first-order valence-corrected chi connectivity index (χ1v) is 40.1. The van der Waals surface area contributed by atoms with Crippen molar-refractivity contribution in [2.75, 3.05) is 13.2 Å². The highest BCUT2D eigenvalue weighted by Crippen LogP contribution is 2.20. The Bertz CT molecular complexity index is 1360. The third-order valence-corrected chi connectivity index (χ3v) is 19.0. The van der Waals surface area contributed by atoms with Gasteiger partial charge in [-0.3, -0.25) is 9.59 Å². The van der Waals surface area contributed by atoms with E-state index in [-0.39, 0.29) is 18.5 Å². The SMILES string of the molecule is CCCCCCCC/C=C\CCCCCCCCCCCC(=O)OCCCCCCCCCCCCCCCCCCCCCCCCCCCCC(=O)NC(CO)C(O)/C=C/CCCCCCCCCCCCCCCCCCCCCCCCC. The minimum Gasteiger partial charge on any atom is -0.466 e. The van der Waals surface area contributed by atoms with Gasteiger partial charge in [0, 0.05) is 12.8 Å². The highest BCUT2D eigenvalue weighted by atomic mass is 16.5. The second-order valence-corrected chi connectivity index (χ2v) is 27.8. The van der Waals surface area contributed by atoms with E-state index in [1.165, 1.54) is 392 Å². The van der Waals surface area contributed by atoms with E-state index in [0.717, 1.165) is 38.5 Å². The molecular formula is C81H157NO5. The smallest absolute Gasteiger partial charge is 0.305 e. The lowest BCUT2D eigenvalue weighted by Crippen LogP contribution is -2.45. The molecule has 0 aromatic rings. The molecule has 3 N–H and O–H groups in total. The lowest BCUT2D eigenvalue weighted by molar-refractivity contribution is -0.143. The number of rotatable bonds is 76. The molecule has 0 saturated carbocycles. The normalized spacial score (nSPS) is 12.6. The number of nitrogens with one attached hydrogen (secondary N) is 1. The van der Waals surface area contributed by atoms with Gasteiger partial charge in [-0.05, 0) is 57.8 Å². The van der Waals surface area contributed by atoms with Crippen LogP contribution in [0.15, 0.2) is 24.3 Å². The Hall–Kier alpha value is -1.66. The van der Waals surface area contributed by atoms with Crippen LogP contribution in [0.5, 0.6) is 0 Å². The van der Waals surface area contributed by atoms with Crippen molar-refractivity contribution in [3.63, 3.8) is 0 Å². The van der Waals surface area contributed by atoms with Gasteiger partial charge in [0.2, 0.25) is 5.91 Å². The summed E-state index contributed by atoms with van der Waals surface area (Å²) in [5, 5.41) is 23.3. The topological polar surface area (TPSA) is 95.9 Å². The molecule has 6 heteroatoms. The lowest BCUT2D eigenvalue weighted by Gasteiger charge is -2.20. The first kappa shape index (κ1) is 85.3. The lowest BCUT2D eigenvalue weighted by atomic mass is 10.0. The van der Waals surface area contributed by atoms with E-state index in [0.29, 0.717) is 19.4 Å². The number of aliphatic hydroxyl groups excluding tert-OH is 2. The van der Waals surface area contributed by atoms with Crippen LogP contribution in [0.2, 0.25) is 0 Å². The van der Waals surface area contributed by atoms with Crippen LogP contribution in [-0.4, -0.2) is 47.4 Å². The Labute approximate surface area is 545 Å². The monoisotopic (exact) mass is 1220 g/mol. The quantitative estimate of drug-likeness (QED) is 0.0320. The summed E-state index contributed by atoms with van der Waals surface area (Å²) < 4.78 is 5.52. The molecule has 0 spiro atoms. The molecule has 6 nitrogen and oxygen atoms in total. The van der Waals surface area contributed by atoms with Crippen molar-refractivity contribution in [3.05, 3.63) is 24.3 Å². The third-order valence-electron chi connectivity index (χ3n) is 19.0. The zero-order chi connectivity index (χ0) is 62.8. The van der Waals surface area contributed by atoms with Crippen molar-refractivity contribution in [2.24, 2.45) is 0 Å². The first-order chi connectivity index (χ1) is 43.0. The Morgan fingerprint density at radius 3 is 0.816 bits per heavy atom. The third kappa shape index (κ3) is 73.3. The Kier molecular flexibility index (Phi) is 75.3.